The van der Waals surface area contributed by atoms with Crippen molar-refractivity contribution in [2.45, 2.75) is 32.0 Å². The van der Waals surface area contributed by atoms with Crippen LogP contribution in [0.25, 0.3) is 0 Å². The van der Waals surface area contributed by atoms with Crippen molar-refractivity contribution in [3.8, 4) is 0 Å². The van der Waals surface area contributed by atoms with Gasteiger partial charge >= 0.3 is 5.70 Å². The number of aliphatic imine (C=N–C) groups is 1. The highest BCUT2D eigenvalue weighted by Crippen LogP contribution is 2.19. The number of hydrogen-bond donors (Lipinski definition) is 2. The molecule has 2 heterocycles. The summed E-state index contributed by atoms with van der Waals surface area (Å²) in [6.07, 6.45) is 1.04. The summed E-state index contributed by atoms with van der Waals surface area (Å²) in [6.45, 7) is 1.81. The largest absolute Gasteiger partial charge is 0.471 e. The van der Waals surface area contributed by atoms with Gasteiger partial charge in [-0.3, -0.25) is 15.1 Å². The molecular formula is C16H21Cl2FN6O4. The lowest BCUT2D eigenvalue weighted by Crippen LogP contribution is -2.26. The second-order valence-corrected chi connectivity index (χ2v) is 6.90. The Kier molecular flexibility index (Phi) is 8.80. The molecule has 29 heavy (non-hydrogen) atoms. The van der Waals surface area contributed by atoms with Crippen molar-refractivity contribution in [1.82, 2.24) is 9.97 Å². The van der Waals surface area contributed by atoms with E-state index in [1.807, 2.05) is 0 Å². The van der Waals surface area contributed by atoms with Gasteiger partial charge in [-0.25, -0.2) is 9.37 Å². The van der Waals surface area contributed by atoms with E-state index in [9.17, 15) is 14.5 Å². The summed E-state index contributed by atoms with van der Waals surface area (Å²) in [6, 6.07) is -0.0888. The molecule has 1 aromatic rings. The lowest BCUT2D eigenvalue weighted by molar-refractivity contribution is -0.418. The van der Waals surface area contributed by atoms with Crippen molar-refractivity contribution in [2.75, 3.05) is 31.7 Å². The zero-order valence-electron chi connectivity index (χ0n) is 15.6. The molecule has 0 radical (unpaired) electrons. The standard InChI is InChI=1S/C16H21Cl2FN6O4/c1-9(23-11-2-4-28-5-3-11)13(25(26)27)14(20)29-8-10(19)6-21-15-12(17)7-22-16(18)24-15/h7,10-11H,2-6,8,20H2,1H3,(H,21,22,24). The number of rotatable bonds is 9. The predicted molar refractivity (Wildman–Crippen MR) is 107 cm³/mol. The number of anilines is 1. The van der Waals surface area contributed by atoms with E-state index in [2.05, 4.69) is 20.3 Å². The minimum Gasteiger partial charge on any atom is -0.471 e. The van der Waals surface area contributed by atoms with Crippen LogP contribution in [0, 0.1) is 10.1 Å². The number of hydrogen-bond acceptors (Lipinski definition) is 9. The van der Waals surface area contributed by atoms with Crippen LogP contribution in [0.2, 0.25) is 10.3 Å². The van der Waals surface area contributed by atoms with Gasteiger partial charge < -0.3 is 20.5 Å². The zero-order chi connectivity index (χ0) is 21.4. The number of nitrogens with one attached hydrogen (secondary N) is 1. The zero-order valence-corrected chi connectivity index (χ0v) is 17.1. The topological polar surface area (TPSA) is 138 Å². The van der Waals surface area contributed by atoms with Crippen molar-refractivity contribution in [1.29, 1.82) is 0 Å². The van der Waals surface area contributed by atoms with Gasteiger partial charge in [-0.15, -0.1) is 0 Å². The van der Waals surface area contributed by atoms with Gasteiger partial charge in [-0.1, -0.05) is 11.6 Å². The first kappa shape index (κ1) is 23.0. The van der Waals surface area contributed by atoms with Crippen LogP contribution in [0.1, 0.15) is 19.8 Å². The molecule has 1 aliphatic rings. The molecule has 1 saturated heterocycles. The molecule has 3 N–H and O–H groups in total. The highest BCUT2D eigenvalue weighted by molar-refractivity contribution is 6.33. The molecule has 10 nitrogen and oxygen atoms in total. The Bertz CT molecular complexity index is 789. The molecule has 1 fully saturated rings. The van der Waals surface area contributed by atoms with Gasteiger partial charge in [0.05, 0.1) is 23.7 Å². The Labute approximate surface area is 176 Å². The Hall–Kier alpha value is -2.24. The molecule has 1 unspecified atom stereocenters. The summed E-state index contributed by atoms with van der Waals surface area (Å²) in [7, 11) is 0. The molecule has 0 aromatic carbocycles. The molecule has 0 amide bonds. The van der Waals surface area contributed by atoms with E-state index in [1.54, 1.807) is 0 Å². The first-order valence-corrected chi connectivity index (χ1v) is 9.49. The molecule has 0 bridgehead atoms. The summed E-state index contributed by atoms with van der Waals surface area (Å²) in [5, 5.41) is 14.2. The number of aromatic nitrogens is 2. The average molecular weight is 451 g/mol. The third-order valence-corrected chi connectivity index (χ3v) is 4.41. The number of ether oxygens (including phenoxy) is 2. The first-order chi connectivity index (χ1) is 13.8. The van der Waals surface area contributed by atoms with Crippen molar-refractivity contribution in [2.24, 2.45) is 10.7 Å². The molecule has 0 spiro atoms. The number of nitro groups is 1. The van der Waals surface area contributed by atoms with Crippen molar-refractivity contribution >= 4 is 34.7 Å². The van der Waals surface area contributed by atoms with Crippen LogP contribution in [0.4, 0.5) is 10.2 Å². The molecule has 0 saturated carbocycles. The van der Waals surface area contributed by atoms with Crippen molar-refractivity contribution in [3.63, 3.8) is 0 Å². The van der Waals surface area contributed by atoms with Crippen LogP contribution in [-0.4, -0.2) is 59.2 Å². The quantitative estimate of drug-likeness (QED) is 0.192. The Morgan fingerprint density at radius 2 is 2.24 bits per heavy atom. The first-order valence-electron chi connectivity index (χ1n) is 8.73. The third kappa shape index (κ3) is 7.26. The Balaban J connectivity index is 1.96. The van der Waals surface area contributed by atoms with E-state index < -0.39 is 29.3 Å². The predicted octanol–water partition coefficient (Wildman–Crippen LogP) is 2.59. The number of nitrogens with two attached hydrogens (primary N) is 1. The smallest absolute Gasteiger partial charge is 0.348 e. The normalized spacial score (nSPS) is 17.4. The maximum Gasteiger partial charge on any atom is 0.348 e. The maximum absolute atomic E-state index is 14.1. The molecule has 0 aliphatic carbocycles. The number of allylic oxidation sites excluding steroid dienone is 1. The van der Waals surface area contributed by atoms with Gasteiger partial charge in [0, 0.05) is 13.2 Å². The van der Waals surface area contributed by atoms with Gasteiger partial charge in [0.2, 0.25) is 5.28 Å². The summed E-state index contributed by atoms with van der Waals surface area (Å²) < 4.78 is 24.4. The molecule has 2 rings (SSSR count). The van der Waals surface area contributed by atoms with Crippen LogP contribution in [0.5, 0.6) is 0 Å². The van der Waals surface area contributed by atoms with Crippen LogP contribution in [0.15, 0.2) is 22.8 Å². The van der Waals surface area contributed by atoms with Gasteiger partial charge in [0.1, 0.15) is 23.2 Å². The number of halogens is 3. The highest BCUT2D eigenvalue weighted by Gasteiger charge is 2.25. The highest BCUT2D eigenvalue weighted by atomic mass is 35.5. The summed E-state index contributed by atoms with van der Waals surface area (Å²) in [5.74, 6) is -0.350. The van der Waals surface area contributed by atoms with E-state index >= 15 is 0 Å². The molecule has 160 valence electrons. The summed E-state index contributed by atoms with van der Waals surface area (Å²) >= 11 is 11.5. The van der Waals surface area contributed by atoms with Gasteiger partial charge in [0.25, 0.3) is 5.88 Å². The molecular weight excluding hydrogens is 430 g/mol. The monoisotopic (exact) mass is 450 g/mol. The summed E-state index contributed by atoms with van der Waals surface area (Å²) in [5.41, 5.74) is 5.33. The fourth-order valence-electron chi connectivity index (χ4n) is 2.53. The second kappa shape index (κ2) is 11.1. The molecule has 1 atom stereocenters. The fraction of sp³-hybridized carbons (Fsp3) is 0.562. The fourth-order valence-corrected chi connectivity index (χ4v) is 2.83. The van der Waals surface area contributed by atoms with Gasteiger partial charge in [0.15, 0.2) is 6.17 Å². The third-order valence-electron chi connectivity index (χ3n) is 3.95. The van der Waals surface area contributed by atoms with Crippen molar-refractivity contribution < 1.29 is 18.8 Å². The van der Waals surface area contributed by atoms with Crippen LogP contribution in [-0.2, 0) is 9.47 Å². The Morgan fingerprint density at radius 3 is 2.90 bits per heavy atom. The maximum atomic E-state index is 14.1. The molecule has 1 aliphatic heterocycles. The number of alkyl halides is 1. The average Bonchev–Trinajstić information content (AvgIpc) is 2.67. The molecule has 13 heteroatoms. The lowest BCUT2D eigenvalue weighted by atomic mass is 10.1. The summed E-state index contributed by atoms with van der Waals surface area (Å²) in [4.78, 5) is 22.5. The van der Waals surface area contributed by atoms with E-state index in [-0.39, 0.29) is 34.4 Å². The van der Waals surface area contributed by atoms with E-state index in [0.29, 0.717) is 26.1 Å². The van der Waals surface area contributed by atoms with Gasteiger partial charge in [-0.2, -0.15) is 4.98 Å². The minimum absolute atomic E-state index is 0.0503. The SMILES string of the molecule is CC(=NC1CCOCC1)C(=C(N)OCC(F)CNc1nc(Cl)ncc1Cl)[N+](=O)[O-]. The minimum atomic E-state index is -1.56. The van der Waals surface area contributed by atoms with E-state index in [0.717, 1.165) is 0 Å². The number of nitrogens with zero attached hydrogens (tertiary/aromatic N) is 4. The van der Waals surface area contributed by atoms with Crippen LogP contribution < -0.4 is 11.1 Å². The van der Waals surface area contributed by atoms with Crippen molar-refractivity contribution in [3.05, 3.63) is 38.2 Å². The van der Waals surface area contributed by atoms with E-state index in [1.165, 1.54) is 13.1 Å². The van der Waals surface area contributed by atoms with E-state index in [4.69, 9.17) is 38.4 Å². The lowest BCUT2D eigenvalue weighted by Gasteiger charge is -2.19. The molecule has 1 aromatic heterocycles. The Morgan fingerprint density at radius 1 is 1.55 bits per heavy atom. The van der Waals surface area contributed by atoms with Crippen LogP contribution in [0.3, 0.4) is 0 Å². The second-order valence-electron chi connectivity index (χ2n) is 6.15. The van der Waals surface area contributed by atoms with Gasteiger partial charge in [-0.05, 0) is 31.4 Å². The van der Waals surface area contributed by atoms with Crippen LogP contribution >= 0.6 is 23.2 Å².